The zero-order valence-corrected chi connectivity index (χ0v) is 13.1. The number of alkyl halides is 3. The minimum absolute atomic E-state index is 0.0792. The molecule has 21 heavy (non-hydrogen) atoms. The summed E-state index contributed by atoms with van der Waals surface area (Å²) < 4.78 is 40.4. The van der Waals surface area contributed by atoms with E-state index in [2.05, 4.69) is 0 Å². The van der Waals surface area contributed by atoms with E-state index in [0.29, 0.717) is 5.56 Å². The van der Waals surface area contributed by atoms with Crippen molar-refractivity contribution in [2.24, 2.45) is 0 Å². The van der Waals surface area contributed by atoms with Gasteiger partial charge in [-0.05, 0) is 37.0 Å². The zero-order valence-electron chi connectivity index (χ0n) is 13.1. The number of rotatable bonds is 0. The molecule has 2 nitrogen and oxygen atoms in total. The molecular weight excluding hydrogens is 279 g/mol. The molecule has 1 aromatic carbocycles. The fourth-order valence-electron chi connectivity index (χ4n) is 2.73. The van der Waals surface area contributed by atoms with Crippen molar-refractivity contribution in [3.8, 4) is 0 Å². The summed E-state index contributed by atoms with van der Waals surface area (Å²) in [6.45, 7) is 8.79. The summed E-state index contributed by atoms with van der Waals surface area (Å²) in [5.41, 5.74) is -1.35. The van der Waals surface area contributed by atoms with E-state index in [9.17, 15) is 18.0 Å². The fourth-order valence-corrected chi connectivity index (χ4v) is 2.73. The Morgan fingerprint density at radius 1 is 1.10 bits per heavy atom. The van der Waals surface area contributed by atoms with Gasteiger partial charge in [-0.25, -0.2) is 0 Å². The lowest BCUT2D eigenvalue weighted by Crippen LogP contribution is -2.36. The van der Waals surface area contributed by atoms with Crippen molar-refractivity contribution in [3.63, 3.8) is 0 Å². The molecule has 0 N–H and O–H groups in total. The first-order chi connectivity index (χ1) is 9.28. The van der Waals surface area contributed by atoms with Crippen LogP contribution in [0.1, 0.15) is 61.7 Å². The van der Waals surface area contributed by atoms with Crippen molar-refractivity contribution in [3.05, 3.63) is 34.4 Å². The number of amides is 1. The second-order valence-corrected chi connectivity index (χ2v) is 7.12. The first-order valence-electron chi connectivity index (χ1n) is 6.82. The first kappa shape index (κ1) is 15.9. The van der Waals surface area contributed by atoms with E-state index in [-0.39, 0.29) is 17.0 Å². The van der Waals surface area contributed by atoms with Gasteiger partial charge in [0.05, 0.1) is 11.1 Å². The lowest BCUT2D eigenvalue weighted by atomic mass is 9.81. The van der Waals surface area contributed by atoms with Crippen molar-refractivity contribution in [2.45, 2.75) is 51.7 Å². The van der Waals surface area contributed by atoms with E-state index in [1.807, 2.05) is 20.8 Å². The van der Waals surface area contributed by atoms with Gasteiger partial charge in [0.25, 0.3) is 5.91 Å². The molecule has 0 bridgehead atoms. The molecule has 1 amide bonds. The average Bonchev–Trinajstić information content (AvgIpc) is 2.48. The topological polar surface area (TPSA) is 20.3 Å². The number of carbonyl (C=O) groups is 1. The molecule has 0 atom stereocenters. The van der Waals surface area contributed by atoms with Gasteiger partial charge in [-0.3, -0.25) is 4.79 Å². The van der Waals surface area contributed by atoms with Crippen LogP contribution in [0.5, 0.6) is 0 Å². The molecule has 0 saturated carbocycles. The number of carbonyl (C=O) groups excluding carboxylic acids is 1. The molecule has 1 aromatic rings. The smallest absolute Gasteiger partial charge is 0.332 e. The van der Waals surface area contributed by atoms with Gasteiger partial charge >= 0.3 is 6.18 Å². The quantitative estimate of drug-likeness (QED) is 0.698. The second kappa shape index (κ2) is 4.24. The Labute approximate surface area is 122 Å². The van der Waals surface area contributed by atoms with Crippen LogP contribution >= 0.6 is 0 Å². The molecule has 1 aliphatic heterocycles. The molecule has 2 rings (SSSR count). The van der Waals surface area contributed by atoms with Gasteiger partial charge in [0.1, 0.15) is 0 Å². The van der Waals surface area contributed by atoms with Gasteiger partial charge in [0, 0.05) is 18.2 Å². The predicted octanol–water partition coefficient (Wildman–Crippen LogP) is 4.32. The Balaban J connectivity index is 2.87. The minimum atomic E-state index is -4.48. The molecule has 0 aromatic heterocycles. The van der Waals surface area contributed by atoms with Gasteiger partial charge in [0.15, 0.2) is 0 Å². The van der Waals surface area contributed by atoms with Crippen LogP contribution < -0.4 is 0 Å². The van der Waals surface area contributed by atoms with E-state index in [1.165, 1.54) is 11.0 Å². The van der Waals surface area contributed by atoms with Gasteiger partial charge in [-0.15, -0.1) is 0 Å². The van der Waals surface area contributed by atoms with Crippen molar-refractivity contribution < 1.29 is 18.0 Å². The Morgan fingerprint density at radius 2 is 1.62 bits per heavy atom. The predicted molar refractivity (Wildman–Crippen MR) is 75.3 cm³/mol. The lowest BCUT2D eigenvalue weighted by Gasteiger charge is -2.31. The summed E-state index contributed by atoms with van der Waals surface area (Å²) in [6.07, 6.45) is -4.48. The van der Waals surface area contributed by atoms with Crippen LogP contribution in [-0.2, 0) is 17.1 Å². The van der Waals surface area contributed by atoms with Crippen LogP contribution in [0.3, 0.4) is 0 Å². The van der Waals surface area contributed by atoms with Crippen molar-refractivity contribution in [1.82, 2.24) is 4.90 Å². The number of hydrogen-bond acceptors (Lipinski definition) is 1. The molecule has 0 aliphatic carbocycles. The Bertz CT molecular complexity index is 609. The number of hydrogen-bond donors (Lipinski definition) is 0. The average molecular weight is 299 g/mol. The van der Waals surface area contributed by atoms with Crippen LogP contribution in [0.4, 0.5) is 13.2 Å². The van der Waals surface area contributed by atoms with Crippen LogP contribution in [0.15, 0.2) is 12.1 Å². The fraction of sp³-hybridized carbons (Fsp3) is 0.562. The van der Waals surface area contributed by atoms with Crippen molar-refractivity contribution in [1.29, 1.82) is 0 Å². The van der Waals surface area contributed by atoms with Gasteiger partial charge in [0.2, 0.25) is 0 Å². The monoisotopic (exact) mass is 299 g/mol. The van der Waals surface area contributed by atoms with E-state index in [1.54, 1.807) is 27.0 Å². The maximum Gasteiger partial charge on any atom is 0.416 e. The van der Waals surface area contributed by atoms with Gasteiger partial charge in [-0.1, -0.05) is 20.8 Å². The van der Waals surface area contributed by atoms with Crippen LogP contribution in [-0.4, -0.2) is 17.9 Å². The van der Waals surface area contributed by atoms with E-state index in [4.69, 9.17) is 0 Å². The standard InChI is InChI=1S/C16H20F3NO/c1-14(2,3)9-7-10-12(11(8-9)16(17,18)19)15(4,5)20(6)13(10)21/h7-8H,1-6H3. The highest BCUT2D eigenvalue weighted by molar-refractivity contribution is 6.00. The first-order valence-corrected chi connectivity index (χ1v) is 6.82. The number of halogens is 3. The van der Waals surface area contributed by atoms with Crippen molar-refractivity contribution >= 4 is 5.91 Å². The normalized spacial score (nSPS) is 18.1. The summed E-state index contributed by atoms with van der Waals surface area (Å²) in [5.74, 6) is -0.355. The highest BCUT2D eigenvalue weighted by Gasteiger charge is 2.48. The summed E-state index contributed by atoms with van der Waals surface area (Å²) in [7, 11) is 1.54. The third kappa shape index (κ3) is 2.32. The summed E-state index contributed by atoms with van der Waals surface area (Å²) in [4.78, 5) is 13.7. The molecule has 116 valence electrons. The SMILES string of the molecule is CN1C(=O)c2cc(C(C)(C)C)cc(C(F)(F)F)c2C1(C)C. The third-order valence-electron chi connectivity index (χ3n) is 4.30. The molecule has 0 spiro atoms. The molecule has 1 aliphatic rings. The van der Waals surface area contributed by atoms with Crippen molar-refractivity contribution in [2.75, 3.05) is 7.05 Å². The maximum absolute atomic E-state index is 13.5. The van der Waals surface area contributed by atoms with Crippen LogP contribution in [0.2, 0.25) is 0 Å². The lowest BCUT2D eigenvalue weighted by molar-refractivity contribution is -0.139. The number of fused-ring (bicyclic) bond motifs is 1. The summed E-state index contributed by atoms with van der Waals surface area (Å²) >= 11 is 0. The molecule has 0 saturated heterocycles. The van der Waals surface area contributed by atoms with E-state index < -0.39 is 22.7 Å². The second-order valence-electron chi connectivity index (χ2n) is 7.12. The van der Waals surface area contributed by atoms with Crippen LogP contribution in [0, 0.1) is 0 Å². The number of nitrogens with zero attached hydrogens (tertiary/aromatic N) is 1. The van der Waals surface area contributed by atoms with Gasteiger partial charge in [-0.2, -0.15) is 13.2 Å². The zero-order chi connectivity index (χ0) is 16.4. The Morgan fingerprint density at radius 3 is 2.05 bits per heavy atom. The Kier molecular flexibility index (Phi) is 3.20. The summed E-state index contributed by atoms with van der Waals surface area (Å²) in [5, 5.41) is 0. The molecular formula is C16H20F3NO. The molecule has 0 fully saturated rings. The third-order valence-corrected chi connectivity index (χ3v) is 4.30. The van der Waals surface area contributed by atoms with Crippen LogP contribution in [0.25, 0.3) is 0 Å². The molecule has 0 unspecified atom stereocenters. The molecule has 0 radical (unpaired) electrons. The van der Waals surface area contributed by atoms with Gasteiger partial charge < -0.3 is 4.90 Å². The summed E-state index contributed by atoms with van der Waals surface area (Å²) in [6, 6.07) is 2.80. The highest BCUT2D eigenvalue weighted by atomic mass is 19.4. The maximum atomic E-state index is 13.5. The minimum Gasteiger partial charge on any atom is -0.332 e. The highest BCUT2D eigenvalue weighted by Crippen LogP contribution is 2.46. The Hall–Kier alpha value is -1.52. The van der Waals surface area contributed by atoms with E-state index in [0.717, 1.165) is 0 Å². The molecule has 5 heteroatoms. The number of benzene rings is 1. The van der Waals surface area contributed by atoms with E-state index >= 15 is 0 Å². The molecule has 1 heterocycles. The largest absolute Gasteiger partial charge is 0.416 e.